The van der Waals surface area contributed by atoms with Crippen LogP contribution < -0.4 is 5.32 Å². The molecule has 2 nitrogen and oxygen atoms in total. The smallest absolute Gasteiger partial charge is 0.0408 e. The van der Waals surface area contributed by atoms with E-state index >= 15 is 0 Å². The van der Waals surface area contributed by atoms with Gasteiger partial charge in [0.25, 0.3) is 0 Å². The lowest BCUT2D eigenvalue weighted by Gasteiger charge is -2.36. The predicted octanol–water partition coefficient (Wildman–Crippen LogP) is 4.08. The van der Waals surface area contributed by atoms with E-state index in [1.54, 1.807) is 0 Å². The van der Waals surface area contributed by atoms with E-state index in [2.05, 4.69) is 34.6 Å². The second-order valence-corrected chi connectivity index (χ2v) is 6.05. The van der Waals surface area contributed by atoms with E-state index in [9.17, 15) is 0 Å². The fourth-order valence-corrected chi connectivity index (χ4v) is 2.88. The lowest BCUT2D eigenvalue weighted by atomic mass is 9.76. The highest BCUT2D eigenvalue weighted by Gasteiger charge is 2.29. The molecule has 0 unspecified atom stereocenters. The molecule has 1 aromatic carbocycles. The van der Waals surface area contributed by atoms with Crippen LogP contribution in [0.15, 0.2) is 42.6 Å². The average Bonchev–Trinajstić information content (AvgIpc) is 2.39. The summed E-state index contributed by atoms with van der Waals surface area (Å²) < 4.78 is 0. The Balaban J connectivity index is 1.48. The number of nitrogens with one attached hydrogen (secondary N) is 1. The molecule has 0 atom stereocenters. The highest BCUT2D eigenvalue weighted by Crippen LogP contribution is 2.37. The third-order valence-electron chi connectivity index (χ3n) is 4.03. The lowest BCUT2D eigenvalue weighted by Crippen LogP contribution is -2.39. The van der Waals surface area contributed by atoms with Gasteiger partial charge in [0.15, 0.2) is 0 Å². The minimum absolute atomic E-state index is 0.611. The molecular formula is C17H19ClN2. The molecule has 2 aromatic rings. The monoisotopic (exact) mass is 286 g/mol. The number of pyridine rings is 1. The zero-order valence-electron chi connectivity index (χ0n) is 11.6. The van der Waals surface area contributed by atoms with Crippen molar-refractivity contribution in [1.82, 2.24) is 10.3 Å². The number of hydrogen-bond acceptors (Lipinski definition) is 2. The standard InChI is InChI=1S/C17H19ClN2/c1-12-5-6-13(10-19-12)11-20-17-8-15(9-17)14-3-2-4-16(18)7-14/h2-7,10,15,17,20H,8-9,11H2,1H3. The summed E-state index contributed by atoms with van der Waals surface area (Å²) in [7, 11) is 0. The predicted molar refractivity (Wildman–Crippen MR) is 83.0 cm³/mol. The largest absolute Gasteiger partial charge is 0.310 e. The van der Waals surface area contributed by atoms with E-state index in [-0.39, 0.29) is 0 Å². The molecular weight excluding hydrogens is 268 g/mol. The van der Waals surface area contributed by atoms with Crippen molar-refractivity contribution in [3.63, 3.8) is 0 Å². The van der Waals surface area contributed by atoms with Gasteiger partial charge in [-0.15, -0.1) is 0 Å². The normalized spacial score (nSPS) is 21.5. The van der Waals surface area contributed by atoms with Crippen molar-refractivity contribution in [2.45, 2.75) is 38.3 Å². The summed E-state index contributed by atoms with van der Waals surface area (Å²) in [5.74, 6) is 0.655. The van der Waals surface area contributed by atoms with Crippen molar-refractivity contribution in [2.24, 2.45) is 0 Å². The van der Waals surface area contributed by atoms with Gasteiger partial charge in [-0.2, -0.15) is 0 Å². The molecule has 3 rings (SSSR count). The lowest BCUT2D eigenvalue weighted by molar-refractivity contribution is 0.289. The fourth-order valence-electron chi connectivity index (χ4n) is 2.68. The van der Waals surface area contributed by atoms with Crippen LogP contribution in [-0.4, -0.2) is 11.0 Å². The molecule has 1 aromatic heterocycles. The first-order valence-electron chi connectivity index (χ1n) is 7.11. The molecule has 1 N–H and O–H groups in total. The molecule has 0 aliphatic heterocycles. The van der Waals surface area contributed by atoms with Crippen LogP contribution in [0.1, 0.15) is 35.6 Å². The number of hydrogen-bond donors (Lipinski definition) is 1. The summed E-state index contributed by atoms with van der Waals surface area (Å²) in [5, 5.41) is 4.43. The second-order valence-electron chi connectivity index (χ2n) is 5.61. The molecule has 1 saturated carbocycles. The summed E-state index contributed by atoms with van der Waals surface area (Å²) in [6, 6.07) is 13.1. The number of nitrogens with zero attached hydrogens (tertiary/aromatic N) is 1. The summed E-state index contributed by atoms with van der Waals surface area (Å²) in [6.45, 7) is 2.92. The van der Waals surface area contributed by atoms with Crippen LogP contribution in [0.2, 0.25) is 5.02 Å². The van der Waals surface area contributed by atoms with Crippen LogP contribution in [0.5, 0.6) is 0 Å². The van der Waals surface area contributed by atoms with Gasteiger partial charge in [0.05, 0.1) is 0 Å². The van der Waals surface area contributed by atoms with Crippen LogP contribution in [0.25, 0.3) is 0 Å². The van der Waals surface area contributed by atoms with Crippen molar-refractivity contribution in [1.29, 1.82) is 0 Å². The first kappa shape index (κ1) is 13.6. The van der Waals surface area contributed by atoms with E-state index in [0.29, 0.717) is 12.0 Å². The van der Waals surface area contributed by atoms with Gasteiger partial charge in [-0.3, -0.25) is 4.98 Å². The Hall–Kier alpha value is -1.38. The Kier molecular flexibility index (Phi) is 4.04. The number of aryl methyl sites for hydroxylation is 1. The van der Waals surface area contributed by atoms with Gasteiger partial charge in [0.1, 0.15) is 0 Å². The molecule has 0 radical (unpaired) electrons. The maximum atomic E-state index is 6.04. The molecule has 0 spiro atoms. The molecule has 0 saturated heterocycles. The third-order valence-corrected chi connectivity index (χ3v) is 4.26. The van der Waals surface area contributed by atoms with Crippen molar-refractivity contribution in [3.05, 3.63) is 64.4 Å². The van der Waals surface area contributed by atoms with Crippen molar-refractivity contribution in [2.75, 3.05) is 0 Å². The molecule has 0 bridgehead atoms. The highest BCUT2D eigenvalue weighted by molar-refractivity contribution is 6.30. The number of rotatable bonds is 4. The van der Waals surface area contributed by atoms with Crippen LogP contribution in [0.4, 0.5) is 0 Å². The Morgan fingerprint density at radius 2 is 2.10 bits per heavy atom. The fraction of sp³-hybridized carbons (Fsp3) is 0.353. The first-order valence-corrected chi connectivity index (χ1v) is 7.49. The van der Waals surface area contributed by atoms with Gasteiger partial charge in [-0.05, 0) is 55.0 Å². The van der Waals surface area contributed by atoms with E-state index in [0.717, 1.165) is 17.3 Å². The summed E-state index contributed by atoms with van der Waals surface area (Å²) in [6.07, 6.45) is 4.34. The summed E-state index contributed by atoms with van der Waals surface area (Å²) in [4.78, 5) is 4.32. The van der Waals surface area contributed by atoms with Gasteiger partial charge < -0.3 is 5.32 Å². The highest BCUT2D eigenvalue weighted by atomic mass is 35.5. The number of halogens is 1. The topological polar surface area (TPSA) is 24.9 Å². The minimum Gasteiger partial charge on any atom is -0.310 e. The average molecular weight is 287 g/mol. The summed E-state index contributed by atoms with van der Waals surface area (Å²) in [5.41, 5.74) is 3.69. The van der Waals surface area contributed by atoms with Crippen molar-refractivity contribution < 1.29 is 0 Å². The van der Waals surface area contributed by atoms with Crippen molar-refractivity contribution in [3.8, 4) is 0 Å². The molecule has 1 aliphatic rings. The van der Waals surface area contributed by atoms with Gasteiger partial charge in [-0.1, -0.05) is 29.8 Å². The van der Waals surface area contributed by atoms with Gasteiger partial charge in [0.2, 0.25) is 0 Å². The molecule has 1 fully saturated rings. The Bertz CT molecular complexity index is 574. The number of benzene rings is 1. The first-order chi connectivity index (χ1) is 9.70. The molecule has 104 valence electrons. The van der Waals surface area contributed by atoms with E-state index in [4.69, 9.17) is 11.6 Å². The van der Waals surface area contributed by atoms with Crippen molar-refractivity contribution >= 4 is 11.6 Å². The SMILES string of the molecule is Cc1ccc(CNC2CC(c3cccc(Cl)c3)C2)cn1. The Morgan fingerprint density at radius 1 is 1.25 bits per heavy atom. The summed E-state index contributed by atoms with van der Waals surface area (Å²) >= 11 is 6.04. The maximum absolute atomic E-state index is 6.04. The maximum Gasteiger partial charge on any atom is 0.0408 e. The van der Waals surface area contributed by atoms with E-state index < -0.39 is 0 Å². The molecule has 1 heterocycles. The second kappa shape index (κ2) is 5.94. The quantitative estimate of drug-likeness (QED) is 0.916. The van der Waals surface area contributed by atoms with Gasteiger partial charge in [-0.25, -0.2) is 0 Å². The molecule has 0 amide bonds. The third kappa shape index (κ3) is 3.20. The molecule has 20 heavy (non-hydrogen) atoms. The molecule has 3 heteroatoms. The zero-order valence-corrected chi connectivity index (χ0v) is 12.4. The molecule has 1 aliphatic carbocycles. The van der Waals surface area contributed by atoms with Crippen LogP contribution in [-0.2, 0) is 6.54 Å². The van der Waals surface area contributed by atoms with Crippen LogP contribution in [0.3, 0.4) is 0 Å². The Labute approximate surface area is 125 Å². The van der Waals surface area contributed by atoms with E-state index in [1.165, 1.54) is 24.0 Å². The van der Waals surface area contributed by atoms with Gasteiger partial charge >= 0.3 is 0 Å². The zero-order chi connectivity index (χ0) is 13.9. The Morgan fingerprint density at radius 3 is 2.80 bits per heavy atom. The van der Waals surface area contributed by atoms with Crippen LogP contribution in [0, 0.1) is 6.92 Å². The van der Waals surface area contributed by atoms with Gasteiger partial charge in [0, 0.05) is 29.5 Å². The van der Waals surface area contributed by atoms with Crippen LogP contribution >= 0.6 is 11.6 Å². The van der Waals surface area contributed by atoms with E-state index in [1.807, 2.05) is 25.3 Å². The minimum atomic E-state index is 0.611. The number of aromatic nitrogens is 1.